The number of para-hydroxylation sites is 1. The van der Waals surface area contributed by atoms with E-state index >= 15 is 0 Å². The molecule has 1 aliphatic heterocycles. The van der Waals surface area contributed by atoms with E-state index in [-0.39, 0.29) is 23.8 Å². The van der Waals surface area contributed by atoms with Gasteiger partial charge in [0.2, 0.25) is 11.8 Å². The second-order valence-electron chi connectivity index (χ2n) is 11.5. The van der Waals surface area contributed by atoms with Crippen molar-refractivity contribution < 1.29 is 14.3 Å². The molecule has 7 heteroatoms. The first-order valence-electron chi connectivity index (χ1n) is 14.0. The second kappa shape index (κ2) is 13.6. The zero-order chi connectivity index (χ0) is 27.0. The van der Waals surface area contributed by atoms with Gasteiger partial charge >= 0.3 is 0 Å². The van der Waals surface area contributed by atoms with Crippen LogP contribution in [0, 0.1) is 11.3 Å². The molecular weight excluding hydrogens is 542 g/mol. The lowest BCUT2D eigenvalue weighted by Crippen LogP contribution is -2.51. The first-order chi connectivity index (χ1) is 18.3. The fourth-order valence-corrected chi connectivity index (χ4v) is 5.97. The van der Waals surface area contributed by atoms with Gasteiger partial charge in [0, 0.05) is 49.2 Å². The van der Waals surface area contributed by atoms with Gasteiger partial charge < -0.3 is 15.0 Å². The minimum absolute atomic E-state index is 0.00621. The summed E-state index contributed by atoms with van der Waals surface area (Å²) in [6.45, 7) is 8.74. The van der Waals surface area contributed by atoms with E-state index in [0.29, 0.717) is 32.0 Å². The Morgan fingerprint density at radius 3 is 2.37 bits per heavy atom. The molecule has 2 fully saturated rings. The number of nitrogens with one attached hydrogen (secondary N) is 1. The molecule has 2 aromatic carbocycles. The molecule has 0 spiro atoms. The van der Waals surface area contributed by atoms with Crippen molar-refractivity contribution in [3.05, 3.63) is 64.1 Å². The van der Waals surface area contributed by atoms with Crippen LogP contribution in [0.25, 0.3) is 0 Å². The fourth-order valence-electron chi connectivity index (χ4n) is 5.70. The van der Waals surface area contributed by atoms with E-state index in [0.717, 1.165) is 41.0 Å². The maximum Gasteiger partial charge on any atom is 0.242 e. The highest BCUT2D eigenvalue weighted by Gasteiger charge is 2.33. The highest BCUT2D eigenvalue weighted by atomic mass is 79.9. The lowest BCUT2D eigenvalue weighted by molar-refractivity contribution is -0.135. The largest absolute Gasteiger partial charge is 0.489 e. The van der Waals surface area contributed by atoms with Crippen molar-refractivity contribution in [2.24, 2.45) is 11.3 Å². The van der Waals surface area contributed by atoms with Crippen LogP contribution in [0.2, 0.25) is 0 Å². The summed E-state index contributed by atoms with van der Waals surface area (Å²) in [5, 5.41) is 2.90. The van der Waals surface area contributed by atoms with Crippen LogP contribution in [0.5, 0.6) is 5.75 Å². The van der Waals surface area contributed by atoms with Crippen LogP contribution >= 0.6 is 15.9 Å². The molecule has 0 atom stereocenters. The molecule has 2 amide bonds. The van der Waals surface area contributed by atoms with Crippen LogP contribution in [0.4, 0.5) is 0 Å². The van der Waals surface area contributed by atoms with Crippen molar-refractivity contribution in [3.8, 4) is 5.75 Å². The quantitative estimate of drug-likeness (QED) is 0.385. The monoisotopic (exact) mass is 583 g/mol. The number of ether oxygens (including phenoxy) is 1. The Morgan fingerprint density at radius 2 is 1.66 bits per heavy atom. The van der Waals surface area contributed by atoms with Crippen molar-refractivity contribution in [2.45, 2.75) is 65.5 Å². The molecule has 1 heterocycles. The molecule has 0 radical (unpaired) electrons. The van der Waals surface area contributed by atoms with Crippen LogP contribution in [0.15, 0.2) is 53.0 Å². The molecule has 0 unspecified atom stereocenters. The molecule has 0 bridgehead atoms. The molecule has 6 nitrogen and oxygen atoms in total. The predicted octanol–water partition coefficient (Wildman–Crippen LogP) is 5.79. The van der Waals surface area contributed by atoms with Crippen LogP contribution in [-0.4, -0.2) is 54.3 Å². The number of hydrogen-bond acceptors (Lipinski definition) is 4. The zero-order valence-corrected chi connectivity index (χ0v) is 24.5. The number of halogens is 1. The highest BCUT2D eigenvalue weighted by Crippen LogP contribution is 2.40. The van der Waals surface area contributed by atoms with Crippen LogP contribution in [-0.2, 0) is 22.7 Å². The van der Waals surface area contributed by atoms with Gasteiger partial charge in [0.05, 0.1) is 6.54 Å². The first-order valence-corrected chi connectivity index (χ1v) is 14.8. The second-order valence-corrected chi connectivity index (χ2v) is 12.4. The molecule has 1 saturated heterocycles. The molecule has 1 N–H and O–H groups in total. The SMILES string of the molecule is CC(C)(CC(=O)NCC(=O)N1CCN(Cc2ccccc2OCc2ccc(Br)cc2)CC1)C1CCCCC1. The number of hydrogen-bond donors (Lipinski definition) is 1. The Balaban J connectivity index is 1.19. The van der Waals surface area contributed by atoms with Crippen molar-refractivity contribution in [2.75, 3.05) is 32.7 Å². The number of piperazine rings is 1. The van der Waals surface area contributed by atoms with Gasteiger partial charge in [0.1, 0.15) is 12.4 Å². The Hall–Kier alpha value is -2.38. The predicted molar refractivity (Wildman–Crippen MR) is 155 cm³/mol. The summed E-state index contributed by atoms with van der Waals surface area (Å²) in [4.78, 5) is 29.7. The molecule has 38 heavy (non-hydrogen) atoms. The molecule has 1 saturated carbocycles. The third-order valence-electron chi connectivity index (χ3n) is 8.16. The summed E-state index contributed by atoms with van der Waals surface area (Å²) in [7, 11) is 0. The Labute approximate surface area is 236 Å². The summed E-state index contributed by atoms with van der Waals surface area (Å²) >= 11 is 3.47. The minimum atomic E-state index is -0.0164. The van der Waals surface area contributed by atoms with Gasteiger partial charge in [-0.25, -0.2) is 0 Å². The number of amides is 2. The topological polar surface area (TPSA) is 61.9 Å². The van der Waals surface area contributed by atoms with Gasteiger partial charge in [-0.3, -0.25) is 14.5 Å². The first kappa shape index (κ1) is 28.6. The highest BCUT2D eigenvalue weighted by molar-refractivity contribution is 9.10. The van der Waals surface area contributed by atoms with Crippen molar-refractivity contribution in [3.63, 3.8) is 0 Å². The Morgan fingerprint density at radius 1 is 0.974 bits per heavy atom. The van der Waals surface area contributed by atoms with E-state index in [1.807, 2.05) is 35.2 Å². The molecule has 0 aromatic heterocycles. The minimum Gasteiger partial charge on any atom is -0.489 e. The van der Waals surface area contributed by atoms with E-state index in [1.165, 1.54) is 32.1 Å². The van der Waals surface area contributed by atoms with Crippen LogP contribution < -0.4 is 10.1 Å². The standard InChI is InChI=1S/C31H42BrN3O3/c1-31(2,26-9-4-3-5-10-26)20-29(36)33-21-30(37)35-18-16-34(17-19-35)22-25-8-6-7-11-28(25)38-23-24-12-14-27(32)15-13-24/h6-8,11-15,26H,3-5,9-10,16-23H2,1-2H3,(H,33,36). The average molecular weight is 585 g/mol. The number of carbonyl (C=O) groups excluding carboxylic acids is 2. The Bertz CT molecular complexity index is 1060. The summed E-state index contributed by atoms with van der Waals surface area (Å²) in [6, 6.07) is 16.3. The van der Waals surface area contributed by atoms with E-state index in [2.05, 4.69) is 58.2 Å². The lowest BCUT2D eigenvalue weighted by atomic mass is 9.69. The number of benzene rings is 2. The Kier molecular flexibility index (Phi) is 10.3. The number of nitrogens with zero attached hydrogens (tertiary/aromatic N) is 2. The van der Waals surface area contributed by atoms with Crippen molar-refractivity contribution in [1.29, 1.82) is 0 Å². The van der Waals surface area contributed by atoms with Crippen molar-refractivity contribution in [1.82, 2.24) is 15.1 Å². The fraction of sp³-hybridized carbons (Fsp3) is 0.548. The molecular formula is C31H42BrN3O3. The van der Waals surface area contributed by atoms with E-state index < -0.39 is 0 Å². The molecule has 2 aliphatic rings. The maximum absolute atomic E-state index is 12.8. The number of rotatable bonds is 10. The van der Waals surface area contributed by atoms with E-state index in [9.17, 15) is 9.59 Å². The maximum atomic E-state index is 12.8. The third kappa shape index (κ3) is 8.31. The summed E-state index contributed by atoms with van der Waals surface area (Å²) < 4.78 is 7.20. The molecule has 4 rings (SSSR count). The summed E-state index contributed by atoms with van der Waals surface area (Å²) in [5.74, 6) is 1.49. The smallest absolute Gasteiger partial charge is 0.242 e. The van der Waals surface area contributed by atoms with Gasteiger partial charge in [-0.15, -0.1) is 0 Å². The van der Waals surface area contributed by atoms with Crippen LogP contribution in [0.3, 0.4) is 0 Å². The molecule has 1 aliphatic carbocycles. The third-order valence-corrected chi connectivity index (χ3v) is 8.69. The number of carbonyl (C=O) groups is 2. The lowest BCUT2D eigenvalue weighted by Gasteiger charge is -2.37. The van der Waals surface area contributed by atoms with Gasteiger partial charge in [0.15, 0.2) is 0 Å². The average Bonchev–Trinajstić information content (AvgIpc) is 2.93. The van der Waals surface area contributed by atoms with Gasteiger partial charge in [0.25, 0.3) is 0 Å². The molecule has 2 aromatic rings. The van der Waals surface area contributed by atoms with E-state index in [4.69, 9.17) is 4.74 Å². The molecule has 206 valence electrons. The van der Waals surface area contributed by atoms with Crippen molar-refractivity contribution >= 4 is 27.7 Å². The van der Waals surface area contributed by atoms with Gasteiger partial charge in [-0.2, -0.15) is 0 Å². The van der Waals surface area contributed by atoms with Gasteiger partial charge in [-0.05, 0) is 47.9 Å². The normalized spacial score (nSPS) is 17.3. The van der Waals surface area contributed by atoms with Crippen LogP contribution in [0.1, 0.15) is 63.5 Å². The van der Waals surface area contributed by atoms with Gasteiger partial charge in [-0.1, -0.05) is 79.4 Å². The van der Waals surface area contributed by atoms with E-state index in [1.54, 1.807) is 0 Å². The summed E-state index contributed by atoms with van der Waals surface area (Å²) in [5.41, 5.74) is 2.26. The summed E-state index contributed by atoms with van der Waals surface area (Å²) in [6.07, 6.45) is 6.77. The zero-order valence-electron chi connectivity index (χ0n) is 22.9.